The topological polar surface area (TPSA) is 66.5 Å². The molecule has 0 aliphatic rings. The molecule has 1 rings (SSSR count). The van der Waals surface area contributed by atoms with E-state index in [9.17, 15) is 40.7 Å². The molecule has 27 heavy (non-hydrogen) atoms. The fourth-order valence-corrected chi connectivity index (χ4v) is 1.39. The van der Waals surface area contributed by atoms with Crippen molar-refractivity contribution in [1.29, 1.82) is 0 Å². The lowest BCUT2D eigenvalue weighted by atomic mass is 10.2. The first-order valence-corrected chi connectivity index (χ1v) is 7.38. The Kier molecular flexibility index (Phi) is 8.48. The zero-order valence-electron chi connectivity index (χ0n) is 14.8. The van der Waals surface area contributed by atoms with Crippen molar-refractivity contribution in [3.05, 3.63) is 24.3 Å². The van der Waals surface area contributed by atoms with E-state index >= 15 is 0 Å². The molecule has 0 spiro atoms. The lowest BCUT2D eigenvalue weighted by Gasteiger charge is -2.13. The number of halogens is 6. The van der Waals surface area contributed by atoms with E-state index in [1.54, 1.807) is 0 Å². The number of hydrogen-bond donors (Lipinski definition) is 1. The standard InChI is InChI=1S/C12H18N2O.C4F6O2/c1-9(2)12(15)13-10-5-7-11(8-6-10)14(3)4;5-3(6,7)1(11)2(12)4(8,9)10/h5-9H,1-4H3,(H,13,15);. The summed E-state index contributed by atoms with van der Waals surface area (Å²) in [6, 6.07) is 7.79. The number of carbonyl (C=O) groups is 3. The second-order valence-electron chi connectivity index (χ2n) is 5.74. The molecule has 11 heteroatoms. The number of anilines is 2. The average Bonchev–Trinajstić information content (AvgIpc) is 2.52. The van der Waals surface area contributed by atoms with Gasteiger partial charge in [0.2, 0.25) is 5.91 Å². The Labute approximate surface area is 151 Å². The van der Waals surface area contributed by atoms with Crippen molar-refractivity contribution in [1.82, 2.24) is 0 Å². The van der Waals surface area contributed by atoms with Crippen molar-refractivity contribution < 1.29 is 40.7 Å². The van der Waals surface area contributed by atoms with Gasteiger partial charge in [-0.2, -0.15) is 26.3 Å². The number of carbonyl (C=O) groups excluding carboxylic acids is 3. The quantitative estimate of drug-likeness (QED) is 0.620. The van der Waals surface area contributed by atoms with Crippen LogP contribution < -0.4 is 10.2 Å². The van der Waals surface area contributed by atoms with Crippen molar-refractivity contribution in [2.24, 2.45) is 5.92 Å². The highest BCUT2D eigenvalue weighted by Crippen LogP contribution is 2.24. The van der Waals surface area contributed by atoms with Gasteiger partial charge in [0.15, 0.2) is 0 Å². The highest BCUT2D eigenvalue weighted by atomic mass is 19.4. The summed E-state index contributed by atoms with van der Waals surface area (Å²) in [7, 11) is 3.98. The largest absolute Gasteiger partial charge is 0.458 e. The minimum atomic E-state index is -5.77. The molecule has 0 atom stereocenters. The predicted octanol–water partition coefficient (Wildman–Crippen LogP) is 3.60. The van der Waals surface area contributed by atoms with Crippen LogP contribution in [0.4, 0.5) is 37.7 Å². The molecule has 0 fully saturated rings. The van der Waals surface area contributed by atoms with Gasteiger partial charge in [0.05, 0.1) is 0 Å². The van der Waals surface area contributed by atoms with Crippen LogP contribution in [0.25, 0.3) is 0 Å². The van der Waals surface area contributed by atoms with Gasteiger partial charge in [0.1, 0.15) is 0 Å². The van der Waals surface area contributed by atoms with E-state index in [1.165, 1.54) is 0 Å². The number of amides is 1. The highest BCUT2D eigenvalue weighted by molar-refractivity contribution is 6.41. The molecule has 0 saturated carbocycles. The number of benzene rings is 1. The van der Waals surface area contributed by atoms with Crippen molar-refractivity contribution in [2.45, 2.75) is 26.2 Å². The average molecular weight is 400 g/mol. The number of Topliss-reactive ketones (excluding diaryl/α,β-unsaturated/α-hetero) is 2. The maximum Gasteiger partial charge on any atom is 0.458 e. The second kappa shape index (κ2) is 9.38. The van der Waals surface area contributed by atoms with Gasteiger partial charge in [-0.15, -0.1) is 0 Å². The maximum absolute atomic E-state index is 11.4. The number of nitrogens with one attached hydrogen (secondary N) is 1. The molecule has 0 aliphatic carbocycles. The van der Waals surface area contributed by atoms with Gasteiger partial charge in [0, 0.05) is 31.4 Å². The minimum Gasteiger partial charge on any atom is -0.378 e. The lowest BCUT2D eigenvalue weighted by molar-refractivity contribution is -0.193. The smallest absolute Gasteiger partial charge is 0.378 e. The van der Waals surface area contributed by atoms with E-state index in [0.29, 0.717) is 0 Å². The van der Waals surface area contributed by atoms with Crippen molar-refractivity contribution in [3.8, 4) is 0 Å². The molecular weight excluding hydrogens is 382 g/mol. The summed E-state index contributed by atoms with van der Waals surface area (Å²) in [5.74, 6) is -6.75. The summed E-state index contributed by atoms with van der Waals surface area (Å²) >= 11 is 0. The number of alkyl halides is 6. The summed E-state index contributed by atoms with van der Waals surface area (Å²) in [5, 5.41) is 2.85. The number of nitrogens with zero attached hydrogens (tertiary/aromatic N) is 1. The summed E-state index contributed by atoms with van der Waals surface area (Å²) in [6.45, 7) is 3.76. The maximum atomic E-state index is 11.4. The Bertz CT molecular complexity index is 640. The Morgan fingerprint density at radius 2 is 1.22 bits per heavy atom. The van der Waals surface area contributed by atoms with Crippen LogP contribution in [-0.4, -0.2) is 43.9 Å². The molecule has 152 valence electrons. The van der Waals surface area contributed by atoms with Crippen LogP contribution in [-0.2, 0) is 14.4 Å². The molecule has 0 aromatic heterocycles. The van der Waals surface area contributed by atoms with E-state index in [2.05, 4.69) is 5.32 Å². The van der Waals surface area contributed by atoms with Gasteiger partial charge < -0.3 is 10.2 Å². The van der Waals surface area contributed by atoms with Crippen molar-refractivity contribution in [2.75, 3.05) is 24.3 Å². The molecule has 1 aromatic rings. The fourth-order valence-electron chi connectivity index (χ4n) is 1.39. The molecular formula is C16H18F6N2O3. The first-order valence-electron chi connectivity index (χ1n) is 7.38. The monoisotopic (exact) mass is 400 g/mol. The van der Waals surface area contributed by atoms with Crippen LogP contribution in [0.3, 0.4) is 0 Å². The third-order valence-electron chi connectivity index (χ3n) is 2.90. The van der Waals surface area contributed by atoms with Gasteiger partial charge in [-0.25, -0.2) is 0 Å². The lowest BCUT2D eigenvalue weighted by Crippen LogP contribution is -2.39. The summed E-state index contributed by atoms with van der Waals surface area (Å²) in [6.07, 6.45) is -11.5. The third-order valence-corrected chi connectivity index (χ3v) is 2.90. The van der Waals surface area contributed by atoms with E-state index < -0.39 is 23.9 Å². The summed E-state index contributed by atoms with van der Waals surface area (Å²) < 4.78 is 67.0. The molecule has 1 aromatic carbocycles. The first kappa shape index (κ1) is 24.4. The Morgan fingerprint density at radius 3 is 1.48 bits per heavy atom. The zero-order chi connectivity index (χ0) is 21.6. The Balaban J connectivity index is 0.000000516. The van der Waals surface area contributed by atoms with Crippen molar-refractivity contribution in [3.63, 3.8) is 0 Å². The molecule has 0 saturated heterocycles. The van der Waals surface area contributed by atoms with Crippen LogP contribution in [0.2, 0.25) is 0 Å². The summed E-state index contributed by atoms with van der Waals surface area (Å²) in [5.41, 5.74) is 1.97. The Hall–Kier alpha value is -2.59. The molecule has 0 heterocycles. The molecule has 1 N–H and O–H groups in total. The predicted molar refractivity (Wildman–Crippen MR) is 86.4 cm³/mol. The van der Waals surface area contributed by atoms with Crippen LogP contribution >= 0.6 is 0 Å². The van der Waals surface area contributed by atoms with Gasteiger partial charge in [-0.05, 0) is 24.3 Å². The van der Waals surface area contributed by atoms with Gasteiger partial charge in [-0.1, -0.05) is 13.8 Å². The molecule has 0 radical (unpaired) electrons. The van der Waals surface area contributed by atoms with Gasteiger partial charge in [0.25, 0.3) is 0 Å². The SMILES string of the molecule is CC(C)C(=O)Nc1ccc(N(C)C)cc1.O=C(C(=O)C(F)(F)F)C(F)(F)F. The van der Waals surface area contributed by atoms with E-state index in [-0.39, 0.29) is 11.8 Å². The van der Waals surface area contributed by atoms with E-state index in [4.69, 9.17) is 0 Å². The van der Waals surface area contributed by atoms with Crippen LogP contribution in [0.1, 0.15) is 13.8 Å². The molecule has 0 bridgehead atoms. The normalized spacial score (nSPS) is 11.4. The van der Waals surface area contributed by atoms with Crippen LogP contribution in [0.15, 0.2) is 24.3 Å². The first-order chi connectivity index (χ1) is 12.1. The molecule has 1 amide bonds. The summed E-state index contributed by atoms with van der Waals surface area (Å²) in [4.78, 5) is 32.7. The minimum absolute atomic E-state index is 0.0125. The molecule has 0 unspecified atom stereocenters. The van der Waals surface area contributed by atoms with Crippen molar-refractivity contribution >= 4 is 28.8 Å². The molecule has 5 nitrogen and oxygen atoms in total. The highest BCUT2D eigenvalue weighted by Gasteiger charge is 2.54. The third kappa shape index (κ3) is 8.56. The van der Waals surface area contributed by atoms with E-state index in [0.717, 1.165) is 11.4 Å². The second-order valence-corrected chi connectivity index (χ2v) is 5.74. The fraction of sp³-hybridized carbons (Fsp3) is 0.438. The number of hydrogen-bond acceptors (Lipinski definition) is 4. The van der Waals surface area contributed by atoms with Gasteiger partial charge >= 0.3 is 23.9 Å². The zero-order valence-corrected chi connectivity index (χ0v) is 14.8. The van der Waals surface area contributed by atoms with E-state index in [1.807, 2.05) is 57.1 Å². The van der Waals surface area contributed by atoms with Crippen LogP contribution in [0.5, 0.6) is 0 Å². The number of ketones is 2. The number of rotatable bonds is 4. The van der Waals surface area contributed by atoms with Gasteiger partial charge in [-0.3, -0.25) is 14.4 Å². The van der Waals surface area contributed by atoms with Crippen LogP contribution in [0, 0.1) is 5.92 Å². The Morgan fingerprint density at radius 1 is 0.852 bits per heavy atom. The molecule has 0 aliphatic heterocycles.